The molecule has 17 heavy (non-hydrogen) atoms. The molecule has 0 bridgehead atoms. The van der Waals surface area contributed by atoms with E-state index < -0.39 is 0 Å². The minimum atomic E-state index is 0.277. The van der Waals surface area contributed by atoms with Gasteiger partial charge in [-0.25, -0.2) is 9.97 Å². The van der Waals surface area contributed by atoms with Crippen LogP contribution in [0.3, 0.4) is 0 Å². The molecule has 0 aromatic carbocycles. The quantitative estimate of drug-likeness (QED) is 0.928. The van der Waals surface area contributed by atoms with Gasteiger partial charge in [0, 0.05) is 18.0 Å². The van der Waals surface area contributed by atoms with E-state index in [1.807, 2.05) is 16.3 Å². The molecule has 0 saturated heterocycles. The lowest BCUT2D eigenvalue weighted by molar-refractivity contribution is 0.632. The summed E-state index contributed by atoms with van der Waals surface area (Å²) in [4.78, 5) is 8.60. The molecule has 0 aliphatic carbocycles. The summed E-state index contributed by atoms with van der Waals surface area (Å²) < 4.78 is 1.97. The van der Waals surface area contributed by atoms with Gasteiger partial charge in [-0.2, -0.15) is 11.8 Å². The zero-order valence-corrected chi connectivity index (χ0v) is 11.4. The molecule has 2 rings (SSSR count). The number of nitrogens with zero attached hydrogens (tertiary/aromatic N) is 3. The van der Waals surface area contributed by atoms with Gasteiger partial charge in [-0.15, -0.1) is 0 Å². The fraction of sp³-hybridized carbons (Fsp3) is 0.455. The first kappa shape index (κ1) is 12.5. The molecule has 0 fully saturated rings. The molecule has 2 aromatic heterocycles. The summed E-state index contributed by atoms with van der Waals surface area (Å²) in [6.45, 7) is 4.27. The van der Waals surface area contributed by atoms with Crippen molar-refractivity contribution in [3.8, 4) is 0 Å². The number of nitrogens with two attached hydrogens (primary N) is 1. The number of rotatable bonds is 4. The first-order valence-electron chi connectivity index (χ1n) is 5.50. The Labute approximate surface area is 110 Å². The number of nitrogen functional groups attached to an aromatic ring is 1. The van der Waals surface area contributed by atoms with Gasteiger partial charge >= 0.3 is 0 Å². The summed E-state index contributed by atoms with van der Waals surface area (Å²) in [5.74, 6) is 2.59. The number of imidazole rings is 1. The summed E-state index contributed by atoms with van der Waals surface area (Å²) in [7, 11) is 0. The SMILES string of the molecule is CCSCC(C)n1c(N)nc2cc(Cl)cnc21. The van der Waals surface area contributed by atoms with Crippen LogP contribution in [0.4, 0.5) is 5.95 Å². The lowest BCUT2D eigenvalue weighted by Gasteiger charge is -2.14. The van der Waals surface area contributed by atoms with Gasteiger partial charge in [-0.1, -0.05) is 18.5 Å². The summed E-state index contributed by atoms with van der Waals surface area (Å²) in [6.07, 6.45) is 1.63. The van der Waals surface area contributed by atoms with Crippen molar-refractivity contribution in [2.24, 2.45) is 0 Å². The minimum Gasteiger partial charge on any atom is -0.369 e. The predicted molar refractivity (Wildman–Crippen MR) is 74.7 cm³/mol. The molecule has 0 radical (unpaired) electrons. The highest BCUT2D eigenvalue weighted by atomic mass is 35.5. The van der Waals surface area contributed by atoms with E-state index in [2.05, 4.69) is 23.8 Å². The Hall–Kier alpha value is -0.940. The monoisotopic (exact) mass is 270 g/mol. The molecule has 0 amide bonds. The van der Waals surface area contributed by atoms with Gasteiger partial charge in [-0.3, -0.25) is 4.57 Å². The second-order valence-corrected chi connectivity index (χ2v) is 5.60. The van der Waals surface area contributed by atoms with E-state index in [9.17, 15) is 0 Å². The first-order chi connectivity index (χ1) is 8.13. The van der Waals surface area contributed by atoms with Crippen LogP contribution in [0.25, 0.3) is 11.2 Å². The molecule has 0 aliphatic heterocycles. The number of aromatic nitrogens is 3. The van der Waals surface area contributed by atoms with E-state index in [4.69, 9.17) is 17.3 Å². The van der Waals surface area contributed by atoms with Crippen molar-refractivity contribution in [1.82, 2.24) is 14.5 Å². The molecule has 0 aliphatic rings. The van der Waals surface area contributed by atoms with Crippen LogP contribution in [0.2, 0.25) is 5.02 Å². The Balaban J connectivity index is 2.42. The lowest BCUT2D eigenvalue weighted by atomic mass is 10.3. The summed E-state index contributed by atoms with van der Waals surface area (Å²) in [6, 6.07) is 2.06. The van der Waals surface area contributed by atoms with Crippen LogP contribution in [-0.2, 0) is 0 Å². The zero-order valence-electron chi connectivity index (χ0n) is 9.85. The Bertz CT molecular complexity index is 525. The van der Waals surface area contributed by atoms with E-state index in [0.717, 1.165) is 22.7 Å². The van der Waals surface area contributed by atoms with Crippen LogP contribution in [0.5, 0.6) is 0 Å². The molecule has 2 N–H and O–H groups in total. The minimum absolute atomic E-state index is 0.277. The standard InChI is InChI=1S/C11H15ClN4S/c1-3-17-6-7(2)16-10-9(15-11(16)13)4-8(12)5-14-10/h4-5,7H,3,6H2,1-2H3,(H2,13,15). The maximum Gasteiger partial charge on any atom is 0.202 e. The van der Waals surface area contributed by atoms with Crippen LogP contribution < -0.4 is 5.73 Å². The van der Waals surface area contributed by atoms with Crippen LogP contribution in [0.15, 0.2) is 12.3 Å². The van der Waals surface area contributed by atoms with Gasteiger partial charge < -0.3 is 5.73 Å². The number of fused-ring (bicyclic) bond motifs is 1. The third-order valence-electron chi connectivity index (χ3n) is 2.53. The van der Waals surface area contributed by atoms with E-state index in [-0.39, 0.29) is 6.04 Å². The topological polar surface area (TPSA) is 56.7 Å². The molecular formula is C11H15ClN4S. The van der Waals surface area contributed by atoms with Crippen LogP contribution in [-0.4, -0.2) is 26.0 Å². The van der Waals surface area contributed by atoms with Crippen LogP contribution in [0, 0.1) is 0 Å². The van der Waals surface area contributed by atoms with E-state index >= 15 is 0 Å². The normalized spacial score (nSPS) is 13.1. The number of thioether (sulfide) groups is 1. The number of halogens is 1. The summed E-state index contributed by atoms with van der Waals surface area (Å²) in [5.41, 5.74) is 7.49. The van der Waals surface area contributed by atoms with Crippen molar-refractivity contribution in [3.63, 3.8) is 0 Å². The Morgan fingerprint density at radius 3 is 3.06 bits per heavy atom. The second-order valence-electron chi connectivity index (χ2n) is 3.84. The highest BCUT2D eigenvalue weighted by Crippen LogP contribution is 2.25. The molecule has 1 unspecified atom stereocenters. The number of anilines is 1. The molecular weight excluding hydrogens is 256 g/mol. The van der Waals surface area contributed by atoms with Crippen molar-refractivity contribution in [3.05, 3.63) is 17.3 Å². The summed E-state index contributed by atoms with van der Waals surface area (Å²) >= 11 is 7.76. The molecule has 2 heterocycles. The predicted octanol–water partition coefficient (Wildman–Crippen LogP) is 2.98. The van der Waals surface area contributed by atoms with Crippen molar-refractivity contribution in [1.29, 1.82) is 0 Å². The lowest BCUT2D eigenvalue weighted by Crippen LogP contribution is -2.11. The number of hydrogen-bond donors (Lipinski definition) is 1. The van der Waals surface area contributed by atoms with Crippen molar-refractivity contribution < 1.29 is 0 Å². The fourth-order valence-corrected chi connectivity index (χ4v) is 2.65. The maximum atomic E-state index is 5.94. The largest absolute Gasteiger partial charge is 0.369 e. The smallest absolute Gasteiger partial charge is 0.202 e. The van der Waals surface area contributed by atoms with Crippen LogP contribution in [0.1, 0.15) is 19.9 Å². The Morgan fingerprint density at radius 2 is 2.35 bits per heavy atom. The molecule has 2 aromatic rings. The second kappa shape index (κ2) is 5.14. The molecule has 92 valence electrons. The molecule has 6 heteroatoms. The van der Waals surface area contributed by atoms with E-state index in [1.54, 1.807) is 12.3 Å². The number of hydrogen-bond acceptors (Lipinski definition) is 4. The summed E-state index contributed by atoms with van der Waals surface area (Å²) in [5, 5.41) is 0.581. The average molecular weight is 271 g/mol. The van der Waals surface area contributed by atoms with Gasteiger partial charge in [0.05, 0.1) is 5.02 Å². The van der Waals surface area contributed by atoms with Crippen molar-refractivity contribution in [2.75, 3.05) is 17.2 Å². The average Bonchev–Trinajstić information content (AvgIpc) is 2.61. The highest BCUT2D eigenvalue weighted by molar-refractivity contribution is 7.99. The fourth-order valence-electron chi connectivity index (χ4n) is 1.77. The van der Waals surface area contributed by atoms with E-state index in [1.165, 1.54) is 0 Å². The molecule has 4 nitrogen and oxygen atoms in total. The number of pyridine rings is 1. The van der Waals surface area contributed by atoms with Crippen molar-refractivity contribution >= 4 is 40.5 Å². The molecule has 0 spiro atoms. The van der Waals surface area contributed by atoms with Gasteiger partial charge in [-0.05, 0) is 18.7 Å². The Morgan fingerprint density at radius 1 is 1.59 bits per heavy atom. The van der Waals surface area contributed by atoms with Crippen LogP contribution >= 0.6 is 23.4 Å². The highest BCUT2D eigenvalue weighted by Gasteiger charge is 2.15. The first-order valence-corrected chi connectivity index (χ1v) is 7.03. The maximum absolute atomic E-state index is 5.94. The van der Waals surface area contributed by atoms with E-state index in [0.29, 0.717) is 11.0 Å². The third kappa shape index (κ3) is 2.50. The zero-order chi connectivity index (χ0) is 12.4. The van der Waals surface area contributed by atoms with Gasteiger partial charge in [0.1, 0.15) is 5.52 Å². The Kier molecular flexibility index (Phi) is 3.79. The molecule has 0 saturated carbocycles. The van der Waals surface area contributed by atoms with Gasteiger partial charge in [0.25, 0.3) is 0 Å². The third-order valence-corrected chi connectivity index (χ3v) is 3.86. The van der Waals surface area contributed by atoms with Crippen molar-refractivity contribution in [2.45, 2.75) is 19.9 Å². The van der Waals surface area contributed by atoms with Gasteiger partial charge in [0.15, 0.2) is 5.65 Å². The molecule has 1 atom stereocenters. The van der Waals surface area contributed by atoms with Gasteiger partial charge in [0.2, 0.25) is 5.95 Å².